The molecule has 1 aliphatic carbocycles. The summed E-state index contributed by atoms with van der Waals surface area (Å²) < 4.78 is 5.43. The summed E-state index contributed by atoms with van der Waals surface area (Å²) in [5, 5.41) is 13.4. The first-order valence-electron chi connectivity index (χ1n) is 12.6. The summed E-state index contributed by atoms with van der Waals surface area (Å²) >= 11 is 0. The van der Waals surface area contributed by atoms with Crippen molar-refractivity contribution in [3.63, 3.8) is 0 Å². The van der Waals surface area contributed by atoms with E-state index in [1.165, 1.54) is 12.0 Å². The fourth-order valence-electron chi connectivity index (χ4n) is 6.12. The van der Waals surface area contributed by atoms with Crippen LogP contribution >= 0.6 is 0 Å². The van der Waals surface area contributed by atoms with Gasteiger partial charge in [0.2, 0.25) is 0 Å². The maximum Gasteiger partial charge on any atom is 0.320 e. The second-order valence-corrected chi connectivity index (χ2v) is 10.4. The number of hydrogen-bond donors (Lipinski definition) is 1. The van der Waals surface area contributed by atoms with E-state index in [0.717, 1.165) is 51.9 Å². The number of amides is 2. The molecule has 3 heterocycles. The van der Waals surface area contributed by atoms with Crippen LogP contribution in [0, 0.1) is 11.3 Å². The summed E-state index contributed by atoms with van der Waals surface area (Å²) in [7, 11) is 1.75. The number of nitrogens with zero attached hydrogens (tertiary/aromatic N) is 4. The molecule has 1 N–H and O–H groups in total. The first kappa shape index (κ1) is 22.6. The van der Waals surface area contributed by atoms with E-state index in [0.29, 0.717) is 37.5 Å². The SMILES string of the molecule is COC1CCN(C(=O)N2CC(CC#N)(N3CCC(N[C@@H]4C[C@H]4c4ccccc4)CC3)C2)CC1. The molecule has 0 spiro atoms. The van der Waals surface area contributed by atoms with Crippen molar-refractivity contribution in [1.29, 1.82) is 5.26 Å². The van der Waals surface area contributed by atoms with Gasteiger partial charge in [-0.3, -0.25) is 4.90 Å². The topological polar surface area (TPSA) is 71.8 Å². The van der Waals surface area contributed by atoms with Crippen LogP contribution in [0.3, 0.4) is 0 Å². The van der Waals surface area contributed by atoms with Gasteiger partial charge in [-0.05, 0) is 37.7 Å². The Balaban J connectivity index is 1.09. The van der Waals surface area contributed by atoms with Gasteiger partial charge in [0.05, 0.1) is 24.1 Å². The maximum atomic E-state index is 13.0. The molecule has 5 rings (SSSR count). The first-order valence-corrected chi connectivity index (χ1v) is 12.6. The van der Waals surface area contributed by atoms with Crippen molar-refractivity contribution in [2.24, 2.45) is 0 Å². The molecule has 0 aromatic heterocycles. The minimum Gasteiger partial charge on any atom is -0.381 e. The summed E-state index contributed by atoms with van der Waals surface area (Å²) in [6, 6.07) is 14.5. The van der Waals surface area contributed by atoms with Crippen LogP contribution in [0.25, 0.3) is 0 Å². The van der Waals surface area contributed by atoms with E-state index in [1.54, 1.807) is 7.11 Å². The lowest BCUT2D eigenvalue weighted by molar-refractivity contribution is -0.0516. The third kappa shape index (κ3) is 4.75. The molecule has 7 heteroatoms. The fourth-order valence-corrected chi connectivity index (χ4v) is 6.12. The molecular weight excluding hydrogens is 414 g/mol. The number of nitriles is 1. The Morgan fingerprint density at radius 1 is 1.09 bits per heavy atom. The van der Waals surface area contributed by atoms with Crippen LogP contribution in [0.15, 0.2) is 30.3 Å². The van der Waals surface area contributed by atoms with Gasteiger partial charge < -0.3 is 19.9 Å². The molecule has 0 bridgehead atoms. The van der Waals surface area contributed by atoms with Gasteiger partial charge in [0, 0.05) is 64.4 Å². The highest BCUT2D eigenvalue weighted by atomic mass is 16.5. The van der Waals surface area contributed by atoms with Gasteiger partial charge in [-0.15, -0.1) is 0 Å². The second-order valence-electron chi connectivity index (χ2n) is 10.4. The van der Waals surface area contributed by atoms with Gasteiger partial charge in [0.15, 0.2) is 0 Å². The summed E-state index contributed by atoms with van der Waals surface area (Å²) in [5.41, 5.74) is 1.29. The molecule has 4 fully saturated rings. The highest BCUT2D eigenvalue weighted by Crippen LogP contribution is 2.42. The molecule has 33 heavy (non-hydrogen) atoms. The molecule has 3 aliphatic heterocycles. The molecule has 7 nitrogen and oxygen atoms in total. The van der Waals surface area contributed by atoms with E-state index in [1.807, 2.05) is 9.80 Å². The number of methoxy groups -OCH3 is 1. The van der Waals surface area contributed by atoms with Crippen molar-refractivity contribution in [3.05, 3.63) is 35.9 Å². The molecule has 1 aromatic rings. The molecule has 2 atom stereocenters. The van der Waals surface area contributed by atoms with Gasteiger partial charge in [-0.1, -0.05) is 30.3 Å². The Hall–Kier alpha value is -2.14. The number of carbonyl (C=O) groups is 1. The number of ether oxygens (including phenoxy) is 1. The number of rotatable bonds is 6. The maximum absolute atomic E-state index is 13.0. The molecule has 0 unspecified atom stereocenters. The number of piperidine rings is 2. The van der Waals surface area contributed by atoms with E-state index in [4.69, 9.17) is 4.74 Å². The summed E-state index contributed by atoms with van der Waals surface area (Å²) in [6.45, 7) is 4.90. The molecule has 178 valence electrons. The average molecular weight is 452 g/mol. The Morgan fingerprint density at radius 3 is 2.42 bits per heavy atom. The van der Waals surface area contributed by atoms with Gasteiger partial charge in [-0.25, -0.2) is 4.79 Å². The standard InChI is InChI=1S/C26H37N5O2/c1-33-22-9-13-29(14-10-22)25(32)30-18-26(19-30,11-12-27)31-15-7-21(8-16-31)28-24-17-23(24)20-5-3-2-4-6-20/h2-6,21-24,28H,7-11,13-19H2,1H3/t23-,24+/m0/s1. The van der Waals surface area contributed by atoms with Crippen molar-refractivity contribution >= 4 is 6.03 Å². The predicted octanol–water partition coefficient (Wildman–Crippen LogP) is 2.80. The predicted molar refractivity (Wildman–Crippen MR) is 127 cm³/mol. The molecule has 1 aromatic carbocycles. The normalized spacial score (nSPS) is 28.2. The lowest BCUT2D eigenvalue weighted by Gasteiger charge is -2.57. The smallest absolute Gasteiger partial charge is 0.320 e. The Kier molecular flexibility index (Phi) is 6.60. The van der Waals surface area contributed by atoms with Gasteiger partial charge in [0.25, 0.3) is 0 Å². The Bertz CT molecular complexity index is 849. The van der Waals surface area contributed by atoms with Crippen molar-refractivity contribution in [2.45, 2.75) is 68.2 Å². The highest BCUT2D eigenvalue weighted by Gasteiger charge is 2.51. The lowest BCUT2D eigenvalue weighted by atomic mass is 9.83. The third-order valence-electron chi connectivity index (χ3n) is 8.33. The van der Waals surface area contributed by atoms with Crippen LogP contribution in [0.5, 0.6) is 0 Å². The lowest BCUT2D eigenvalue weighted by Crippen LogP contribution is -2.73. The zero-order valence-electron chi connectivity index (χ0n) is 19.8. The fraction of sp³-hybridized carbons (Fsp3) is 0.692. The van der Waals surface area contributed by atoms with Crippen LogP contribution in [0.4, 0.5) is 4.79 Å². The zero-order chi connectivity index (χ0) is 22.8. The molecule has 1 saturated carbocycles. The second kappa shape index (κ2) is 9.61. The van der Waals surface area contributed by atoms with Gasteiger partial charge in [-0.2, -0.15) is 5.26 Å². The number of nitrogens with one attached hydrogen (secondary N) is 1. The van der Waals surface area contributed by atoms with Crippen molar-refractivity contribution in [1.82, 2.24) is 20.0 Å². The Morgan fingerprint density at radius 2 is 1.79 bits per heavy atom. The quantitative estimate of drug-likeness (QED) is 0.720. The largest absolute Gasteiger partial charge is 0.381 e. The number of carbonyl (C=O) groups excluding carboxylic acids is 1. The average Bonchev–Trinajstić information content (AvgIpc) is 3.61. The minimum atomic E-state index is -0.160. The van der Waals surface area contributed by atoms with Crippen LogP contribution in [0.2, 0.25) is 0 Å². The van der Waals surface area contributed by atoms with Crippen molar-refractivity contribution in [2.75, 3.05) is 46.4 Å². The number of urea groups is 1. The van der Waals surface area contributed by atoms with Gasteiger partial charge in [0.1, 0.15) is 0 Å². The molecule has 4 aliphatic rings. The highest BCUT2D eigenvalue weighted by molar-refractivity contribution is 5.76. The number of benzene rings is 1. The first-order chi connectivity index (χ1) is 16.1. The molecule has 0 radical (unpaired) electrons. The monoisotopic (exact) mass is 451 g/mol. The van der Waals surface area contributed by atoms with E-state index in [-0.39, 0.29) is 17.7 Å². The zero-order valence-corrected chi connectivity index (χ0v) is 19.8. The van der Waals surface area contributed by atoms with E-state index < -0.39 is 0 Å². The van der Waals surface area contributed by atoms with Crippen molar-refractivity contribution < 1.29 is 9.53 Å². The summed E-state index contributed by atoms with van der Waals surface area (Å²) in [4.78, 5) is 19.4. The molecule has 3 saturated heterocycles. The van der Waals surface area contributed by atoms with Crippen molar-refractivity contribution in [3.8, 4) is 6.07 Å². The third-order valence-corrected chi connectivity index (χ3v) is 8.33. The van der Waals surface area contributed by atoms with Crippen LogP contribution in [0.1, 0.15) is 50.0 Å². The summed E-state index contributed by atoms with van der Waals surface area (Å²) in [5.74, 6) is 0.661. The molecular formula is C26H37N5O2. The van der Waals surface area contributed by atoms with Gasteiger partial charge >= 0.3 is 6.03 Å². The minimum absolute atomic E-state index is 0.135. The van der Waals surface area contributed by atoms with E-state index in [9.17, 15) is 10.1 Å². The van der Waals surface area contributed by atoms with Crippen LogP contribution in [-0.2, 0) is 4.74 Å². The molecule has 2 amide bonds. The summed E-state index contributed by atoms with van der Waals surface area (Å²) in [6.07, 6.45) is 6.06. The van der Waals surface area contributed by atoms with Crippen LogP contribution < -0.4 is 5.32 Å². The van der Waals surface area contributed by atoms with E-state index >= 15 is 0 Å². The van der Waals surface area contributed by atoms with E-state index in [2.05, 4.69) is 46.6 Å². The van der Waals surface area contributed by atoms with Crippen LogP contribution in [-0.4, -0.2) is 90.8 Å². The number of likely N-dealkylation sites (tertiary alicyclic amines) is 3. The number of hydrogen-bond acceptors (Lipinski definition) is 5. The Labute approximate surface area is 197 Å².